The Morgan fingerprint density at radius 3 is 2.53 bits per heavy atom. The standard InChI is InChI=1S/C10H16O5/c1-7(10-14-3-4-15-10)5-8(11)6-9(12)13-2/h7,10H,3-6H2,1-2H3. The Labute approximate surface area is 88.7 Å². The number of ketones is 1. The SMILES string of the molecule is COC(=O)CC(=O)CC(C)C1OCCO1. The van der Waals surface area contributed by atoms with Gasteiger partial charge in [-0.2, -0.15) is 0 Å². The zero-order valence-electron chi connectivity index (χ0n) is 9.02. The molecule has 0 bridgehead atoms. The van der Waals surface area contributed by atoms with Crippen LogP contribution in [0.4, 0.5) is 0 Å². The molecule has 0 aromatic heterocycles. The molecule has 1 atom stereocenters. The van der Waals surface area contributed by atoms with Gasteiger partial charge in [-0.3, -0.25) is 9.59 Å². The van der Waals surface area contributed by atoms with Crippen molar-refractivity contribution in [1.29, 1.82) is 0 Å². The molecule has 0 aromatic carbocycles. The van der Waals surface area contributed by atoms with Gasteiger partial charge in [-0.05, 0) is 0 Å². The molecular formula is C10H16O5. The Hall–Kier alpha value is -0.940. The molecule has 0 saturated carbocycles. The first-order valence-electron chi connectivity index (χ1n) is 4.95. The number of Topliss-reactive ketones (excluding diaryl/α,β-unsaturated/α-hetero) is 1. The first-order chi connectivity index (χ1) is 7.13. The molecular weight excluding hydrogens is 200 g/mol. The fraction of sp³-hybridized carbons (Fsp3) is 0.800. The first kappa shape index (κ1) is 12.1. The summed E-state index contributed by atoms with van der Waals surface area (Å²) in [7, 11) is 1.27. The Morgan fingerprint density at radius 2 is 2.00 bits per heavy atom. The maximum atomic E-state index is 11.4. The van der Waals surface area contributed by atoms with Gasteiger partial charge in [0.2, 0.25) is 0 Å². The Kier molecular flexibility index (Phi) is 4.71. The predicted octanol–water partition coefficient (Wildman–Crippen LogP) is 0.518. The largest absolute Gasteiger partial charge is 0.469 e. The summed E-state index contributed by atoms with van der Waals surface area (Å²) in [5.41, 5.74) is 0. The van der Waals surface area contributed by atoms with Crippen molar-refractivity contribution in [2.75, 3.05) is 20.3 Å². The predicted molar refractivity (Wildman–Crippen MR) is 51.1 cm³/mol. The number of hydrogen-bond donors (Lipinski definition) is 0. The number of rotatable bonds is 5. The minimum absolute atomic E-state index is 0.0235. The van der Waals surface area contributed by atoms with Crippen molar-refractivity contribution in [3.63, 3.8) is 0 Å². The number of ether oxygens (including phenoxy) is 3. The molecule has 0 amide bonds. The first-order valence-corrected chi connectivity index (χ1v) is 4.95. The average Bonchev–Trinajstić information content (AvgIpc) is 2.70. The van der Waals surface area contributed by atoms with Crippen LogP contribution in [0.15, 0.2) is 0 Å². The van der Waals surface area contributed by atoms with E-state index in [0.717, 1.165) is 0 Å². The third-order valence-electron chi connectivity index (χ3n) is 2.23. The molecule has 0 N–H and O–H groups in total. The van der Waals surface area contributed by atoms with Crippen LogP contribution in [0.25, 0.3) is 0 Å². The molecule has 86 valence electrons. The Balaban J connectivity index is 2.27. The van der Waals surface area contributed by atoms with Crippen LogP contribution in [-0.2, 0) is 23.8 Å². The van der Waals surface area contributed by atoms with Gasteiger partial charge < -0.3 is 14.2 Å². The zero-order valence-corrected chi connectivity index (χ0v) is 9.02. The summed E-state index contributed by atoms with van der Waals surface area (Å²) in [5.74, 6) is -0.668. The highest BCUT2D eigenvalue weighted by Crippen LogP contribution is 2.18. The van der Waals surface area contributed by atoms with Gasteiger partial charge in [0.15, 0.2) is 6.29 Å². The van der Waals surface area contributed by atoms with Crippen LogP contribution in [0.2, 0.25) is 0 Å². The summed E-state index contributed by atoms with van der Waals surface area (Å²) in [6.07, 6.45) is -0.209. The van der Waals surface area contributed by atoms with E-state index in [2.05, 4.69) is 4.74 Å². The second-order valence-electron chi connectivity index (χ2n) is 3.58. The highest BCUT2D eigenvalue weighted by Gasteiger charge is 2.25. The number of carbonyl (C=O) groups is 2. The fourth-order valence-electron chi connectivity index (χ4n) is 1.47. The lowest BCUT2D eigenvalue weighted by Crippen LogP contribution is -2.22. The number of hydrogen-bond acceptors (Lipinski definition) is 5. The van der Waals surface area contributed by atoms with Crippen LogP contribution < -0.4 is 0 Å². The highest BCUT2D eigenvalue weighted by molar-refractivity contribution is 5.95. The summed E-state index contributed by atoms with van der Waals surface area (Å²) < 4.78 is 14.9. The van der Waals surface area contributed by atoms with Crippen molar-refractivity contribution < 1.29 is 23.8 Å². The minimum Gasteiger partial charge on any atom is -0.469 e. The Morgan fingerprint density at radius 1 is 1.40 bits per heavy atom. The monoisotopic (exact) mass is 216 g/mol. The maximum absolute atomic E-state index is 11.4. The van der Waals surface area contributed by atoms with Crippen molar-refractivity contribution in [2.24, 2.45) is 5.92 Å². The smallest absolute Gasteiger partial charge is 0.313 e. The van der Waals surface area contributed by atoms with E-state index in [0.29, 0.717) is 13.2 Å². The van der Waals surface area contributed by atoms with Crippen molar-refractivity contribution in [3.05, 3.63) is 0 Å². The number of carbonyl (C=O) groups excluding carboxylic acids is 2. The van der Waals surface area contributed by atoms with Gasteiger partial charge in [0.25, 0.3) is 0 Å². The van der Waals surface area contributed by atoms with Crippen molar-refractivity contribution in [1.82, 2.24) is 0 Å². The van der Waals surface area contributed by atoms with E-state index in [4.69, 9.17) is 9.47 Å². The van der Waals surface area contributed by atoms with E-state index >= 15 is 0 Å². The lowest BCUT2D eigenvalue weighted by Gasteiger charge is -2.16. The van der Waals surface area contributed by atoms with Crippen molar-refractivity contribution in [2.45, 2.75) is 26.1 Å². The molecule has 5 nitrogen and oxygen atoms in total. The molecule has 5 heteroatoms. The van der Waals surface area contributed by atoms with E-state index in [1.54, 1.807) is 0 Å². The lowest BCUT2D eigenvalue weighted by atomic mass is 10.0. The molecule has 1 saturated heterocycles. The quantitative estimate of drug-likeness (QED) is 0.495. The molecule has 1 unspecified atom stereocenters. The molecule has 0 aliphatic carbocycles. The van der Waals surface area contributed by atoms with Crippen LogP contribution >= 0.6 is 0 Å². The van der Waals surface area contributed by atoms with Crippen LogP contribution in [0.3, 0.4) is 0 Å². The van der Waals surface area contributed by atoms with Crippen molar-refractivity contribution >= 4 is 11.8 Å². The Bertz CT molecular complexity index is 232. The van der Waals surface area contributed by atoms with Gasteiger partial charge in [0.05, 0.1) is 20.3 Å². The zero-order chi connectivity index (χ0) is 11.3. The summed E-state index contributed by atoms with van der Waals surface area (Å²) in [6, 6.07) is 0. The van der Waals surface area contributed by atoms with Crippen LogP contribution in [0.5, 0.6) is 0 Å². The maximum Gasteiger partial charge on any atom is 0.313 e. The molecule has 1 fully saturated rings. The molecule has 15 heavy (non-hydrogen) atoms. The molecule has 0 spiro atoms. The van der Waals surface area contributed by atoms with Gasteiger partial charge in [0, 0.05) is 12.3 Å². The second kappa shape index (κ2) is 5.82. The highest BCUT2D eigenvalue weighted by atomic mass is 16.7. The molecule has 0 radical (unpaired) electrons. The van der Waals surface area contributed by atoms with Crippen LogP contribution in [0, 0.1) is 5.92 Å². The fourth-order valence-corrected chi connectivity index (χ4v) is 1.47. The lowest BCUT2D eigenvalue weighted by molar-refractivity contribution is -0.144. The summed E-state index contributed by atoms with van der Waals surface area (Å²) in [6.45, 7) is 3.01. The topological polar surface area (TPSA) is 61.8 Å². The molecule has 1 heterocycles. The molecule has 0 aromatic rings. The van der Waals surface area contributed by atoms with Crippen LogP contribution in [0.1, 0.15) is 19.8 Å². The van der Waals surface area contributed by atoms with Gasteiger partial charge in [-0.15, -0.1) is 0 Å². The van der Waals surface area contributed by atoms with Gasteiger partial charge >= 0.3 is 5.97 Å². The van der Waals surface area contributed by atoms with E-state index < -0.39 is 5.97 Å². The third kappa shape index (κ3) is 3.97. The number of esters is 1. The number of methoxy groups -OCH3 is 1. The van der Waals surface area contributed by atoms with E-state index in [1.165, 1.54) is 7.11 Å². The van der Waals surface area contributed by atoms with Gasteiger partial charge in [-0.1, -0.05) is 6.92 Å². The van der Waals surface area contributed by atoms with E-state index in [9.17, 15) is 9.59 Å². The second-order valence-corrected chi connectivity index (χ2v) is 3.58. The summed E-state index contributed by atoms with van der Waals surface area (Å²) in [5, 5.41) is 0. The summed E-state index contributed by atoms with van der Waals surface area (Å²) in [4.78, 5) is 22.2. The van der Waals surface area contributed by atoms with E-state index in [-0.39, 0.29) is 30.8 Å². The van der Waals surface area contributed by atoms with Gasteiger partial charge in [-0.25, -0.2) is 0 Å². The minimum atomic E-state index is -0.500. The molecule has 1 aliphatic heterocycles. The normalized spacial score (nSPS) is 18.8. The average molecular weight is 216 g/mol. The summed E-state index contributed by atoms with van der Waals surface area (Å²) >= 11 is 0. The van der Waals surface area contributed by atoms with Crippen molar-refractivity contribution in [3.8, 4) is 0 Å². The van der Waals surface area contributed by atoms with E-state index in [1.807, 2.05) is 6.92 Å². The molecule has 1 aliphatic rings. The molecule has 1 rings (SSSR count). The van der Waals surface area contributed by atoms with Crippen LogP contribution in [-0.4, -0.2) is 38.4 Å². The van der Waals surface area contributed by atoms with Gasteiger partial charge in [0.1, 0.15) is 12.2 Å². The third-order valence-corrected chi connectivity index (χ3v) is 2.23.